The Labute approximate surface area is 113 Å². The Hall–Kier alpha value is -1.66. The van der Waals surface area contributed by atoms with Gasteiger partial charge in [-0.2, -0.15) is 0 Å². The lowest BCUT2D eigenvalue weighted by Crippen LogP contribution is -2.48. The molecule has 0 bridgehead atoms. The Balaban J connectivity index is 2.09. The van der Waals surface area contributed by atoms with Crippen molar-refractivity contribution >= 4 is 11.7 Å². The van der Waals surface area contributed by atoms with Crippen molar-refractivity contribution in [1.29, 1.82) is 0 Å². The highest BCUT2D eigenvalue weighted by Gasteiger charge is 2.21. The SMILES string of the molecule is CNC(=O)c1cccnc1N1CCN(CCO)CC1. The lowest BCUT2D eigenvalue weighted by atomic mass is 10.2. The molecular weight excluding hydrogens is 244 g/mol. The van der Waals surface area contributed by atoms with Crippen LogP contribution in [0.4, 0.5) is 5.82 Å². The number of β-amino-alcohol motifs (C(OH)–C–C–N with tert-alkyl or cyclic N) is 1. The maximum Gasteiger partial charge on any atom is 0.254 e. The molecule has 1 aliphatic heterocycles. The molecule has 0 aromatic carbocycles. The summed E-state index contributed by atoms with van der Waals surface area (Å²) in [7, 11) is 1.62. The first-order chi connectivity index (χ1) is 9.26. The van der Waals surface area contributed by atoms with E-state index in [1.165, 1.54) is 0 Å². The summed E-state index contributed by atoms with van der Waals surface area (Å²) in [6, 6.07) is 3.57. The van der Waals surface area contributed by atoms with Gasteiger partial charge in [-0.15, -0.1) is 0 Å². The minimum absolute atomic E-state index is 0.110. The lowest BCUT2D eigenvalue weighted by Gasteiger charge is -2.35. The van der Waals surface area contributed by atoms with Gasteiger partial charge in [0.15, 0.2) is 0 Å². The van der Waals surface area contributed by atoms with Crippen molar-refractivity contribution in [1.82, 2.24) is 15.2 Å². The van der Waals surface area contributed by atoms with Crippen LogP contribution in [0, 0.1) is 0 Å². The molecule has 6 heteroatoms. The van der Waals surface area contributed by atoms with E-state index in [0.717, 1.165) is 32.0 Å². The molecule has 0 aliphatic carbocycles. The third-order valence-corrected chi connectivity index (χ3v) is 3.35. The molecule has 1 fully saturated rings. The average Bonchev–Trinajstić information content (AvgIpc) is 2.47. The molecule has 0 unspecified atom stereocenters. The maximum absolute atomic E-state index is 11.8. The zero-order chi connectivity index (χ0) is 13.7. The van der Waals surface area contributed by atoms with Crippen LogP contribution in [0.2, 0.25) is 0 Å². The largest absolute Gasteiger partial charge is 0.395 e. The predicted molar refractivity (Wildman–Crippen MR) is 73.4 cm³/mol. The van der Waals surface area contributed by atoms with Crippen molar-refractivity contribution in [3.05, 3.63) is 23.9 Å². The number of carbonyl (C=O) groups is 1. The number of piperazine rings is 1. The van der Waals surface area contributed by atoms with Crippen LogP contribution in [-0.2, 0) is 0 Å². The van der Waals surface area contributed by atoms with Crippen LogP contribution >= 0.6 is 0 Å². The Kier molecular flexibility index (Phi) is 4.70. The van der Waals surface area contributed by atoms with Gasteiger partial charge in [0, 0.05) is 46.0 Å². The number of amides is 1. The van der Waals surface area contributed by atoms with E-state index in [1.54, 1.807) is 25.4 Å². The fraction of sp³-hybridized carbons (Fsp3) is 0.538. The number of anilines is 1. The van der Waals surface area contributed by atoms with Crippen LogP contribution in [0.3, 0.4) is 0 Å². The first-order valence-electron chi connectivity index (χ1n) is 6.51. The van der Waals surface area contributed by atoms with E-state index in [-0.39, 0.29) is 12.5 Å². The molecule has 19 heavy (non-hydrogen) atoms. The molecule has 2 rings (SSSR count). The quantitative estimate of drug-likeness (QED) is 0.771. The van der Waals surface area contributed by atoms with Gasteiger partial charge in [0.1, 0.15) is 5.82 Å². The summed E-state index contributed by atoms with van der Waals surface area (Å²) in [5.74, 6) is 0.631. The molecule has 1 aromatic heterocycles. The van der Waals surface area contributed by atoms with Crippen molar-refractivity contribution in [2.45, 2.75) is 0 Å². The highest BCUT2D eigenvalue weighted by molar-refractivity contribution is 5.98. The molecule has 1 amide bonds. The molecule has 1 saturated heterocycles. The van der Waals surface area contributed by atoms with E-state index in [4.69, 9.17) is 5.11 Å². The molecular formula is C13H20N4O2. The molecule has 2 heterocycles. The number of aromatic nitrogens is 1. The van der Waals surface area contributed by atoms with Crippen molar-refractivity contribution < 1.29 is 9.90 Å². The van der Waals surface area contributed by atoms with Gasteiger partial charge in [-0.3, -0.25) is 9.69 Å². The second-order valence-electron chi connectivity index (χ2n) is 4.51. The molecule has 1 aliphatic rings. The van der Waals surface area contributed by atoms with Gasteiger partial charge in [-0.05, 0) is 12.1 Å². The number of hydrogen-bond acceptors (Lipinski definition) is 5. The third kappa shape index (κ3) is 3.21. The number of nitrogens with one attached hydrogen (secondary N) is 1. The topological polar surface area (TPSA) is 68.7 Å². The van der Waals surface area contributed by atoms with E-state index in [0.29, 0.717) is 12.1 Å². The molecule has 0 saturated carbocycles. The molecule has 6 nitrogen and oxygen atoms in total. The highest BCUT2D eigenvalue weighted by atomic mass is 16.3. The van der Waals surface area contributed by atoms with Gasteiger partial charge in [-0.25, -0.2) is 4.98 Å². The smallest absolute Gasteiger partial charge is 0.254 e. The Morgan fingerprint density at radius 1 is 1.42 bits per heavy atom. The third-order valence-electron chi connectivity index (χ3n) is 3.35. The first kappa shape index (κ1) is 13.8. The minimum atomic E-state index is -0.110. The summed E-state index contributed by atoms with van der Waals surface area (Å²) in [5.41, 5.74) is 0.612. The molecule has 2 N–H and O–H groups in total. The Bertz CT molecular complexity index is 430. The van der Waals surface area contributed by atoms with E-state index in [1.807, 2.05) is 0 Å². The van der Waals surface area contributed by atoms with Crippen LogP contribution in [0.5, 0.6) is 0 Å². The minimum Gasteiger partial charge on any atom is -0.395 e. The zero-order valence-electron chi connectivity index (χ0n) is 11.2. The Morgan fingerprint density at radius 2 is 2.16 bits per heavy atom. The van der Waals surface area contributed by atoms with Crippen LogP contribution in [0.15, 0.2) is 18.3 Å². The highest BCUT2D eigenvalue weighted by Crippen LogP contribution is 2.18. The normalized spacial score (nSPS) is 16.4. The van der Waals surface area contributed by atoms with Gasteiger partial charge in [-0.1, -0.05) is 0 Å². The van der Waals surface area contributed by atoms with E-state index in [2.05, 4.69) is 20.1 Å². The fourth-order valence-electron chi connectivity index (χ4n) is 2.29. The number of aliphatic hydroxyl groups excluding tert-OH is 1. The second kappa shape index (κ2) is 6.49. The first-order valence-corrected chi connectivity index (χ1v) is 6.51. The number of rotatable bonds is 4. The standard InChI is InChI=1S/C13H20N4O2/c1-14-13(19)11-3-2-4-15-12(11)17-7-5-16(6-8-17)9-10-18/h2-4,18H,5-10H2,1H3,(H,14,19). The number of hydrogen-bond donors (Lipinski definition) is 2. The molecule has 1 aromatic rings. The summed E-state index contributed by atoms with van der Waals surface area (Å²) < 4.78 is 0. The second-order valence-corrected chi connectivity index (χ2v) is 4.51. The van der Waals surface area contributed by atoms with Crippen LogP contribution in [0.1, 0.15) is 10.4 Å². The van der Waals surface area contributed by atoms with Crippen molar-refractivity contribution in [2.24, 2.45) is 0 Å². The fourth-order valence-corrected chi connectivity index (χ4v) is 2.29. The lowest BCUT2D eigenvalue weighted by molar-refractivity contribution is 0.0963. The summed E-state index contributed by atoms with van der Waals surface area (Å²) in [6.45, 7) is 4.29. The van der Waals surface area contributed by atoms with Crippen LogP contribution in [-0.4, -0.2) is 67.3 Å². The molecule has 0 spiro atoms. The van der Waals surface area contributed by atoms with Crippen molar-refractivity contribution in [3.63, 3.8) is 0 Å². The monoisotopic (exact) mass is 264 g/mol. The number of pyridine rings is 1. The Morgan fingerprint density at radius 3 is 2.79 bits per heavy atom. The van der Waals surface area contributed by atoms with Gasteiger partial charge in [0.05, 0.1) is 12.2 Å². The number of nitrogens with zero attached hydrogens (tertiary/aromatic N) is 3. The van der Waals surface area contributed by atoms with E-state index < -0.39 is 0 Å². The number of carbonyl (C=O) groups excluding carboxylic acids is 1. The van der Waals surface area contributed by atoms with Gasteiger partial charge in [0.2, 0.25) is 0 Å². The summed E-state index contributed by atoms with van der Waals surface area (Å²) in [4.78, 5) is 20.5. The average molecular weight is 264 g/mol. The maximum atomic E-state index is 11.8. The predicted octanol–water partition coefficient (Wildman–Crippen LogP) is -0.444. The molecule has 0 atom stereocenters. The summed E-state index contributed by atoms with van der Waals surface area (Å²) >= 11 is 0. The van der Waals surface area contributed by atoms with Crippen molar-refractivity contribution in [3.8, 4) is 0 Å². The molecule has 0 radical (unpaired) electrons. The molecule has 104 valence electrons. The number of aliphatic hydroxyl groups is 1. The summed E-state index contributed by atoms with van der Waals surface area (Å²) in [5, 5.41) is 11.6. The van der Waals surface area contributed by atoms with Gasteiger partial charge in [0.25, 0.3) is 5.91 Å². The van der Waals surface area contributed by atoms with Crippen LogP contribution in [0.25, 0.3) is 0 Å². The van der Waals surface area contributed by atoms with Gasteiger partial charge < -0.3 is 15.3 Å². The summed E-state index contributed by atoms with van der Waals surface area (Å²) in [6.07, 6.45) is 1.71. The van der Waals surface area contributed by atoms with Crippen LogP contribution < -0.4 is 10.2 Å². The zero-order valence-corrected chi connectivity index (χ0v) is 11.2. The van der Waals surface area contributed by atoms with E-state index >= 15 is 0 Å². The van der Waals surface area contributed by atoms with E-state index in [9.17, 15) is 4.79 Å². The van der Waals surface area contributed by atoms with Gasteiger partial charge >= 0.3 is 0 Å². The van der Waals surface area contributed by atoms with Crippen molar-refractivity contribution in [2.75, 3.05) is 51.3 Å².